The first-order chi connectivity index (χ1) is 10.2. The van der Waals surface area contributed by atoms with Gasteiger partial charge in [0.05, 0.1) is 17.1 Å². The highest BCUT2D eigenvalue weighted by molar-refractivity contribution is 6.16. The molecule has 0 aliphatic heterocycles. The Hall–Kier alpha value is -1.61. The number of alkyl halides is 1. The summed E-state index contributed by atoms with van der Waals surface area (Å²) in [5.74, 6) is 0.794. The molecular weight excluding hydrogens is 284 g/mol. The van der Waals surface area contributed by atoms with Crippen LogP contribution in [0.2, 0.25) is 0 Å². The number of nitrogens with zero attached hydrogens (tertiary/aromatic N) is 1. The van der Waals surface area contributed by atoms with Crippen LogP contribution < -0.4 is 5.56 Å². The molecule has 1 saturated carbocycles. The van der Waals surface area contributed by atoms with Gasteiger partial charge in [-0.2, -0.15) is 0 Å². The highest BCUT2D eigenvalue weighted by Crippen LogP contribution is 2.49. The summed E-state index contributed by atoms with van der Waals surface area (Å²) in [5.41, 5.74) is 4.15. The van der Waals surface area contributed by atoms with Crippen LogP contribution in [0, 0.1) is 0 Å². The standard InChI is InChI=1S/C17H17ClN2O/c18-10-13-19-15-12-6-2-1-5-11(12)9-17(7-3-4-8-17)14(15)16(21)20-13/h1-2,5-6H,3-4,7-10H2,(H,19,20,21). The maximum atomic E-state index is 12.7. The van der Waals surface area contributed by atoms with Crippen molar-refractivity contribution in [2.45, 2.75) is 43.4 Å². The van der Waals surface area contributed by atoms with E-state index in [1.54, 1.807) is 0 Å². The van der Waals surface area contributed by atoms with Crippen LogP contribution in [0.1, 0.15) is 42.6 Å². The molecule has 1 heterocycles. The largest absolute Gasteiger partial charge is 0.309 e. The van der Waals surface area contributed by atoms with Gasteiger partial charge in [-0.05, 0) is 24.8 Å². The average molecular weight is 301 g/mol. The zero-order chi connectivity index (χ0) is 14.4. The Morgan fingerprint density at radius 3 is 2.76 bits per heavy atom. The molecule has 0 amide bonds. The number of nitrogens with one attached hydrogen (secondary N) is 1. The molecule has 1 N–H and O–H groups in total. The number of benzene rings is 1. The molecule has 0 saturated heterocycles. The van der Waals surface area contributed by atoms with Crippen LogP contribution in [0.5, 0.6) is 0 Å². The summed E-state index contributed by atoms with van der Waals surface area (Å²) in [6, 6.07) is 8.32. The van der Waals surface area contributed by atoms with Crippen molar-refractivity contribution in [3.63, 3.8) is 0 Å². The van der Waals surface area contributed by atoms with Crippen molar-refractivity contribution in [2.75, 3.05) is 0 Å². The van der Waals surface area contributed by atoms with E-state index in [0.29, 0.717) is 5.82 Å². The number of aromatic amines is 1. The minimum absolute atomic E-state index is 0.00653. The predicted molar refractivity (Wildman–Crippen MR) is 83.7 cm³/mol. The molecule has 0 bridgehead atoms. The van der Waals surface area contributed by atoms with Gasteiger partial charge in [0.1, 0.15) is 5.82 Å². The lowest BCUT2D eigenvalue weighted by Crippen LogP contribution is -2.37. The van der Waals surface area contributed by atoms with Crippen LogP contribution >= 0.6 is 11.6 Å². The normalized spacial score (nSPS) is 18.5. The Labute approximate surface area is 128 Å². The molecule has 0 radical (unpaired) electrons. The van der Waals surface area contributed by atoms with E-state index < -0.39 is 0 Å². The van der Waals surface area contributed by atoms with Crippen molar-refractivity contribution >= 4 is 11.6 Å². The molecule has 1 aromatic heterocycles. The Bertz CT molecular complexity index is 760. The van der Waals surface area contributed by atoms with E-state index in [1.165, 1.54) is 18.4 Å². The summed E-state index contributed by atoms with van der Waals surface area (Å²) in [6.07, 6.45) is 5.51. The zero-order valence-electron chi connectivity index (χ0n) is 11.8. The minimum atomic E-state index is -0.0187. The fourth-order valence-corrected chi connectivity index (χ4v) is 4.23. The van der Waals surface area contributed by atoms with E-state index in [0.717, 1.165) is 36.1 Å². The molecule has 4 heteroatoms. The Balaban J connectivity index is 2.05. The molecule has 2 aliphatic rings. The number of aromatic nitrogens is 2. The molecule has 2 aromatic rings. The third kappa shape index (κ3) is 1.87. The lowest BCUT2D eigenvalue weighted by atomic mass is 9.68. The van der Waals surface area contributed by atoms with E-state index in [9.17, 15) is 4.79 Å². The molecule has 1 spiro atoms. The minimum Gasteiger partial charge on any atom is -0.309 e. The quantitative estimate of drug-likeness (QED) is 0.819. The summed E-state index contributed by atoms with van der Waals surface area (Å²) in [5, 5.41) is 0. The van der Waals surface area contributed by atoms with Gasteiger partial charge in [0.15, 0.2) is 0 Å². The van der Waals surface area contributed by atoms with E-state index in [-0.39, 0.29) is 16.9 Å². The van der Waals surface area contributed by atoms with Crippen molar-refractivity contribution in [3.8, 4) is 11.3 Å². The number of rotatable bonds is 1. The summed E-state index contributed by atoms with van der Waals surface area (Å²) in [4.78, 5) is 20.2. The average Bonchev–Trinajstić information content (AvgIpc) is 2.95. The smallest absolute Gasteiger partial charge is 0.255 e. The van der Waals surface area contributed by atoms with Crippen LogP contribution in [0.15, 0.2) is 29.1 Å². The first-order valence-electron chi connectivity index (χ1n) is 7.51. The fourth-order valence-electron chi connectivity index (χ4n) is 4.11. The van der Waals surface area contributed by atoms with Crippen LogP contribution in [-0.4, -0.2) is 9.97 Å². The Kier molecular flexibility index (Phi) is 2.93. The van der Waals surface area contributed by atoms with Crippen LogP contribution in [0.25, 0.3) is 11.3 Å². The predicted octanol–water partition coefficient (Wildman–Crippen LogP) is 3.54. The van der Waals surface area contributed by atoms with Crippen molar-refractivity contribution in [1.29, 1.82) is 0 Å². The maximum absolute atomic E-state index is 12.7. The summed E-state index contributed by atoms with van der Waals surface area (Å²) in [7, 11) is 0. The van der Waals surface area contributed by atoms with Gasteiger partial charge in [-0.15, -0.1) is 11.6 Å². The third-order valence-corrected chi connectivity index (χ3v) is 5.24. The van der Waals surface area contributed by atoms with Gasteiger partial charge in [0.25, 0.3) is 5.56 Å². The number of H-pyrrole nitrogens is 1. The molecular formula is C17H17ClN2O. The number of halogens is 1. The zero-order valence-corrected chi connectivity index (χ0v) is 12.5. The third-order valence-electron chi connectivity index (χ3n) is 4.99. The molecule has 3 nitrogen and oxygen atoms in total. The second-order valence-electron chi connectivity index (χ2n) is 6.19. The summed E-state index contributed by atoms with van der Waals surface area (Å²) in [6.45, 7) is 0. The Morgan fingerprint density at radius 1 is 1.24 bits per heavy atom. The first kappa shape index (κ1) is 13.1. The van der Waals surface area contributed by atoms with Crippen molar-refractivity contribution in [1.82, 2.24) is 9.97 Å². The summed E-state index contributed by atoms with van der Waals surface area (Å²) >= 11 is 5.89. The molecule has 1 aromatic carbocycles. The van der Waals surface area contributed by atoms with Crippen LogP contribution in [0.3, 0.4) is 0 Å². The summed E-state index contributed by atoms with van der Waals surface area (Å²) < 4.78 is 0. The Morgan fingerprint density at radius 2 is 2.00 bits per heavy atom. The van der Waals surface area contributed by atoms with E-state index in [2.05, 4.69) is 28.2 Å². The van der Waals surface area contributed by atoms with Gasteiger partial charge in [-0.1, -0.05) is 37.1 Å². The second-order valence-corrected chi connectivity index (χ2v) is 6.46. The molecule has 108 valence electrons. The lowest BCUT2D eigenvalue weighted by molar-refractivity contribution is 0.426. The molecule has 4 rings (SSSR count). The molecule has 21 heavy (non-hydrogen) atoms. The molecule has 0 unspecified atom stereocenters. The maximum Gasteiger partial charge on any atom is 0.255 e. The van der Waals surface area contributed by atoms with Gasteiger partial charge < -0.3 is 4.98 Å². The fraction of sp³-hybridized carbons (Fsp3) is 0.412. The number of hydrogen-bond acceptors (Lipinski definition) is 2. The molecule has 2 aliphatic carbocycles. The van der Waals surface area contributed by atoms with Crippen molar-refractivity contribution < 1.29 is 0 Å². The number of hydrogen-bond donors (Lipinski definition) is 1. The van der Waals surface area contributed by atoms with E-state index in [4.69, 9.17) is 11.6 Å². The first-order valence-corrected chi connectivity index (χ1v) is 8.05. The van der Waals surface area contributed by atoms with Crippen molar-refractivity contribution in [2.24, 2.45) is 0 Å². The van der Waals surface area contributed by atoms with Crippen molar-refractivity contribution in [3.05, 3.63) is 51.6 Å². The van der Waals surface area contributed by atoms with Gasteiger partial charge in [-0.25, -0.2) is 4.98 Å². The monoisotopic (exact) mass is 300 g/mol. The number of fused-ring (bicyclic) bond motifs is 4. The highest BCUT2D eigenvalue weighted by Gasteiger charge is 2.43. The van der Waals surface area contributed by atoms with E-state index in [1.807, 2.05) is 6.07 Å². The van der Waals surface area contributed by atoms with Gasteiger partial charge in [-0.3, -0.25) is 4.79 Å². The van der Waals surface area contributed by atoms with Gasteiger partial charge >= 0.3 is 0 Å². The van der Waals surface area contributed by atoms with E-state index >= 15 is 0 Å². The van der Waals surface area contributed by atoms with Gasteiger partial charge in [0, 0.05) is 11.0 Å². The van der Waals surface area contributed by atoms with Crippen LogP contribution in [-0.2, 0) is 17.7 Å². The second kappa shape index (κ2) is 4.70. The SMILES string of the molecule is O=c1[nH]c(CCl)nc2c1C1(CCCC1)Cc1ccccc1-2. The topological polar surface area (TPSA) is 45.8 Å². The molecule has 1 fully saturated rings. The highest BCUT2D eigenvalue weighted by atomic mass is 35.5. The lowest BCUT2D eigenvalue weighted by Gasteiger charge is -2.35. The molecule has 0 atom stereocenters. The van der Waals surface area contributed by atoms with Gasteiger partial charge in [0.2, 0.25) is 0 Å². The van der Waals surface area contributed by atoms with Crippen LogP contribution in [0.4, 0.5) is 0 Å².